The van der Waals surface area contributed by atoms with Crippen molar-refractivity contribution in [2.45, 2.75) is 18.9 Å². The fourth-order valence-corrected chi connectivity index (χ4v) is 3.70. The van der Waals surface area contributed by atoms with Gasteiger partial charge in [0.05, 0.1) is 15.7 Å². The zero-order chi connectivity index (χ0) is 21.0. The third-order valence-electron chi connectivity index (χ3n) is 5.11. The van der Waals surface area contributed by atoms with E-state index in [-0.39, 0.29) is 24.5 Å². The van der Waals surface area contributed by atoms with Crippen LogP contribution in [0.25, 0.3) is 0 Å². The molecule has 0 aliphatic carbocycles. The summed E-state index contributed by atoms with van der Waals surface area (Å²) in [6.45, 7) is 2.58. The van der Waals surface area contributed by atoms with Gasteiger partial charge in [0.2, 0.25) is 11.8 Å². The molecule has 1 N–H and O–H groups in total. The third kappa shape index (κ3) is 5.60. The van der Waals surface area contributed by atoms with Gasteiger partial charge < -0.3 is 15.0 Å². The number of benzene rings is 1. The molecule has 0 saturated carbocycles. The SMILES string of the molecule is COCC(=O)N1CCN(C)C(CC(=O)NC2=NN(c3ccc(Cl)c(Cl)c3)CC2)C1. The molecule has 2 aliphatic rings. The number of carbonyl (C=O) groups is 2. The monoisotopic (exact) mass is 441 g/mol. The Kier molecular flexibility index (Phi) is 7.34. The van der Waals surface area contributed by atoms with E-state index >= 15 is 0 Å². The zero-order valence-electron chi connectivity index (χ0n) is 16.5. The number of anilines is 1. The Labute approximate surface area is 180 Å². The third-order valence-corrected chi connectivity index (χ3v) is 5.84. The summed E-state index contributed by atoms with van der Waals surface area (Å²) in [7, 11) is 3.47. The molecule has 1 atom stereocenters. The number of carbonyl (C=O) groups excluding carboxylic acids is 2. The van der Waals surface area contributed by atoms with Crippen molar-refractivity contribution in [1.29, 1.82) is 0 Å². The second-order valence-corrected chi connectivity index (χ2v) is 7.99. The van der Waals surface area contributed by atoms with Crippen molar-refractivity contribution < 1.29 is 14.3 Å². The maximum atomic E-state index is 12.6. The van der Waals surface area contributed by atoms with E-state index in [1.807, 2.05) is 13.1 Å². The first-order valence-corrected chi connectivity index (χ1v) is 10.2. The Hall–Kier alpha value is -1.87. The van der Waals surface area contributed by atoms with Gasteiger partial charge in [-0.15, -0.1) is 0 Å². The Morgan fingerprint density at radius 1 is 1.24 bits per heavy atom. The van der Waals surface area contributed by atoms with Crippen molar-refractivity contribution in [3.8, 4) is 0 Å². The molecule has 2 amide bonds. The van der Waals surface area contributed by atoms with E-state index in [0.29, 0.717) is 48.4 Å². The fourth-order valence-electron chi connectivity index (χ4n) is 3.41. The van der Waals surface area contributed by atoms with Gasteiger partial charge in [0.25, 0.3) is 0 Å². The van der Waals surface area contributed by atoms with E-state index < -0.39 is 0 Å². The number of methoxy groups -OCH3 is 1. The Balaban J connectivity index is 1.55. The van der Waals surface area contributed by atoms with Gasteiger partial charge in [-0.1, -0.05) is 23.2 Å². The molecule has 1 aromatic rings. The van der Waals surface area contributed by atoms with Crippen LogP contribution >= 0.6 is 23.2 Å². The molecule has 3 rings (SSSR count). The van der Waals surface area contributed by atoms with E-state index in [1.165, 1.54) is 7.11 Å². The maximum absolute atomic E-state index is 12.6. The van der Waals surface area contributed by atoms with Crippen LogP contribution < -0.4 is 10.3 Å². The Morgan fingerprint density at radius 3 is 2.76 bits per heavy atom. The van der Waals surface area contributed by atoms with Gasteiger partial charge in [0, 0.05) is 52.2 Å². The highest BCUT2D eigenvalue weighted by atomic mass is 35.5. The predicted molar refractivity (Wildman–Crippen MR) is 113 cm³/mol. The molecule has 2 aliphatic heterocycles. The van der Waals surface area contributed by atoms with Crippen molar-refractivity contribution in [2.24, 2.45) is 5.10 Å². The van der Waals surface area contributed by atoms with Crippen LogP contribution in [0.4, 0.5) is 5.69 Å². The van der Waals surface area contributed by atoms with E-state index in [9.17, 15) is 9.59 Å². The quantitative estimate of drug-likeness (QED) is 0.753. The van der Waals surface area contributed by atoms with Gasteiger partial charge >= 0.3 is 0 Å². The molecule has 1 fully saturated rings. The lowest BCUT2D eigenvalue weighted by Crippen LogP contribution is -2.55. The standard InChI is InChI=1S/C19H25Cl2N5O3/c1-24-7-8-25(19(28)12-29-2)11-14(24)10-18(27)22-17-5-6-26(23-17)13-3-4-15(20)16(21)9-13/h3-4,9,14H,5-8,10-12H2,1-2H3,(H,22,23,27). The number of ether oxygens (including phenoxy) is 1. The van der Waals surface area contributed by atoms with E-state index in [2.05, 4.69) is 15.3 Å². The average molecular weight is 442 g/mol. The number of rotatable bonds is 5. The number of amidine groups is 1. The highest BCUT2D eigenvalue weighted by Crippen LogP contribution is 2.28. The number of hydrogen-bond acceptors (Lipinski definition) is 6. The van der Waals surface area contributed by atoms with Crippen molar-refractivity contribution in [3.05, 3.63) is 28.2 Å². The molecular formula is C19H25Cl2N5O3. The number of likely N-dealkylation sites (N-methyl/N-ethyl adjacent to an activating group) is 1. The van der Waals surface area contributed by atoms with E-state index in [1.54, 1.807) is 22.0 Å². The van der Waals surface area contributed by atoms with Crippen LogP contribution in [0.1, 0.15) is 12.8 Å². The largest absolute Gasteiger partial charge is 0.375 e. The summed E-state index contributed by atoms with van der Waals surface area (Å²) in [4.78, 5) is 28.5. The molecule has 0 radical (unpaired) electrons. The maximum Gasteiger partial charge on any atom is 0.248 e. The summed E-state index contributed by atoms with van der Waals surface area (Å²) < 4.78 is 4.93. The number of amides is 2. The van der Waals surface area contributed by atoms with Crippen LogP contribution in [-0.4, -0.2) is 80.4 Å². The molecule has 158 valence electrons. The molecule has 10 heteroatoms. The summed E-state index contributed by atoms with van der Waals surface area (Å²) in [6, 6.07) is 5.27. The van der Waals surface area contributed by atoms with Gasteiger partial charge in [-0.25, -0.2) is 0 Å². The number of nitrogens with zero attached hydrogens (tertiary/aromatic N) is 4. The van der Waals surface area contributed by atoms with Crippen LogP contribution in [0.15, 0.2) is 23.3 Å². The first-order valence-electron chi connectivity index (χ1n) is 9.44. The molecule has 0 aromatic heterocycles. The van der Waals surface area contributed by atoms with Crippen LogP contribution in [0, 0.1) is 0 Å². The lowest BCUT2D eigenvalue weighted by atomic mass is 10.1. The fraction of sp³-hybridized carbons (Fsp3) is 0.526. The van der Waals surface area contributed by atoms with Gasteiger partial charge in [0.15, 0.2) is 0 Å². The number of piperazine rings is 1. The van der Waals surface area contributed by atoms with Gasteiger partial charge in [0.1, 0.15) is 12.4 Å². The molecule has 1 unspecified atom stereocenters. The Bertz CT molecular complexity index is 804. The minimum Gasteiger partial charge on any atom is -0.375 e. The summed E-state index contributed by atoms with van der Waals surface area (Å²) >= 11 is 12.0. The van der Waals surface area contributed by atoms with E-state index in [0.717, 1.165) is 12.2 Å². The summed E-state index contributed by atoms with van der Waals surface area (Å²) in [5.74, 6) is 0.452. The first-order chi connectivity index (χ1) is 13.9. The first kappa shape index (κ1) is 21.8. The number of halogens is 2. The summed E-state index contributed by atoms with van der Waals surface area (Å²) in [5, 5.41) is 10.1. The average Bonchev–Trinajstić information content (AvgIpc) is 3.14. The number of hydrogen-bond donors (Lipinski definition) is 1. The topological polar surface area (TPSA) is 77.5 Å². The van der Waals surface area contributed by atoms with Gasteiger partial charge in [-0.3, -0.25) is 19.5 Å². The molecule has 1 saturated heterocycles. The smallest absolute Gasteiger partial charge is 0.248 e. The van der Waals surface area contributed by atoms with Crippen molar-refractivity contribution in [1.82, 2.24) is 15.1 Å². The molecule has 29 heavy (non-hydrogen) atoms. The van der Waals surface area contributed by atoms with Gasteiger partial charge in [-0.05, 0) is 25.2 Å². The van der Waals surface area contributed by atoms with E-state index in [4.69, 9.17) is 27.9 Å². The molecule has 0 bridgehead atoms. The minimum atomic E-state index is -0.113. The van der Waals surface area contributed by atoms with Crippen LogP contribution in [0.3, 0.4) is 0 Å². The predicted octanol–water partition coefficient (Wildman–Crippen LogP) is 1.81. The second kappa shape index (κ2) is 9.75. The molecule has 2 heterocycles. The highest BCUT2D eigenvalue weighted by Gasteiger charge is 2.29. The molecule has 0 spiro atoms. The zero-order valence-corrected chi connectivity index (χ0v) is 18.0. The van der Waals surface area contributed by atoms with Crippen LogP contribution in [-0.2, 0) is 14.3 Å². The van der Waals surface area contributed by atoms with Crippen LogP contribution in [0.5, 0.6) is 0 Å². The lowest BCUT2D eigenvalue weighted by Gasteiger charge is -2.39. The molecular weight excluding hydrogens is 417 g/mol. The Morgan fingerprint density at radius 2 is 2.03 bits per heavy atom. The van der Waals surface area contributed by atoms with Crippen molar-refractivity contribution in [3.63, 3.8) is 0 Å². The molecule has 8 nitrogen and oxygen atoms in total. The lowest BCUT2D eigenvalue weighted by molar-refractivity contribution is -0.138. The van der Waals surface area contributed by atoms with Crippen LogP contribution in [0.2, 0.25) is 10.0 Å². The van der Waals surface area contributed by atoms with Crippen molar-refractivity contribution >= 4 is 46.5 Å². The van der Waals surface area contributed by atoms with Crippen molar-refractivity contribution in [2.75, 3.05) is 52.0 Å². The minimum absolute atomic E-state index is 0.0438. The van der Waals surface area contributed by atoms with Gasteiger partial charge in [-0.2, -0.15) is 5.10 Å². The molecule has 1 aromatic carbocycles. The number of nitrogens with one attached hydrogen (secondary N) is 1. The summed E-state index contributed by atoms with van der Waals surface area (Å²) in [6.07, 6.45) is 0.921. The summed E-state index contributed by atoms with van der Waals surface area (Å²) in [5.41, 5.74) is 0.822. The highest BCUT2D eigenvalue weighted by molar-refractivity contribution is 6.42. The number of hydrazone groups is 1. The normalized spacial score (nSPS) is 20.0. The second-order valence-electron chi connectivity index (χ2n) is 7.18.